The molecule has 2 N–H and O–H groups in total. The predicted molar refractivity (Wildman–Crippen MR) is 50.3 cm³/mol. The van der Waals surface area contributed by atoms with Gasteiger partial charge in [0, 0.05) is 12.6 Å². The Morgan fingerprint density at radius 2 is 2.00 bits per heavy atom. The molecule has 1 amide bonds. The van der Waals surface area contributed by atoms with Crippen LogP contribution >= 0.6 is 0 Å². The molecule has 6 heteroatoms. The third-order valence-electron chi connectivity index (χ3n) is 2.10. The predicted octanol–water partition coefficient (Wildman–Crippen LogP) is -0.929. The zero-order chi connectivity index (χ0) is 11.3. The quantitative estimate of drug-likeness (QED) is 0.575. The third-order valence-corrected chi connectivity index (χ3v) is 2.10. The van der Waals surface area contributed by atoms with E-state index in [1.165, 1.54) is 0 Å². The van der Waals surface area contributed by atoms with Crippen LogP contribution in [0.3, 0.4) is 0 Å². The number of carbonyl (C=O) groups excluding carboxylic acids is 1. The molecule has 86 valence electrons. The number of hydrogen-bond acceptors (Lipinski definition) is 4. The monoisotopic (exact) mass is 217 g/mol. The van der Waals surface area contributed by atoms with Crippen LogP contribution in [-0.4, -0.2) is 59.4 Å². The number of rotatable bonds is 7. The van der Waals surface area contributed by atoms with E-state index in [1.54, 1.807) is 4.90 Å². The highest BCUT2D eigenvalue weighted by Crippen LogP contribution is 2.26. The normalized spacial score (nSPS) is 15.0. The lowest BCUT2D eigenvalue weighted by Gasteiger charge is -2.20. The maximum atomic E-state index is 11.5. The highest BCUT2D eigenvalue weighted by Gasteiger charge is 2.31. The number of aliphatic hydroxyl groups is 1. The Morgan fingerprint density at radius 3 is 2.47 bits per heavy atom. The molecule has 1 aliphatic rings. The third kappa shape index (κ3) is 4.26. The van der Waals surface area contributed by atoms with Gasteiger partial charge >= 0.3 is 5.97 Å². The van der Waals surface area contributed by atoms with Gasteiger partial charge in [-0.05, 0) is 12.8 Å². The minimum Gasteiger partial charge on any atom is -0.480 e. The summed E-state index contributed by atoms with van der Waals surface area (Å²) in [6, 6.07) is 0.207. The molecule has 0 atom stereocenters. The molecule has 1 saturated carbocycles. The van der Waals surface area contributed by atoms with E-state index in [0.717, 1.165) is 12.8 Å². The Hall–Kier alpha value is -1.14. The van der Waals surface area contributed by atoms with Crippen LogP contribution in [0.25, 0.3) is 0 Å². The van der Waals surface area contributed by atoms with Crippen LogP contribution in [0.2, 0.25) is 0 Å². The van der Waals surface area contributed by atoms with Gasteiger partial charge in [0.25, 0.3) is 0 Å². The van der Waals surface area contributed by atoms with E-state index in [-0.39, 0.29) is 25.2 Å². The molecular formula is C9H15NO5. The van der Waals surface area contributed by atoms with Crippen LogP contribution in [0.1, 0.15) is 12.8 Å². The Bertz CT molecular complexity index is 239. The minimum atomic E-state index is -1.09. The molecule has 0 unspecified atom stereocenters. The van der Waals surface area contributed by atoms with E-state index in [9.17, 15) is 9.59 Å². The van der Waals surface area contributed by atoms with Gasteiger partial charge in [-0.15, -0.1) is 0 Å². The van der Waals surface area contributed by atoms with Crippen molar-refractivity contribution in [2.45, 2.75) is 18.9 Å². The van der Waals surface area contributed by atoms with Crippen LogP contribution < -0.4 is 0 Å². The number of carbonyl (C=O) groups is 2. The Labute approximate surface area is 87.4 Å². The molecule has 0 spiro atoms. The van der Waals surface area contributed by atoms with Gasteiger partial charge in [0.2, 0.25) is 5.91 Å². The topological polar surface area (TPSA) is 87.1 Å². The van der Waals surface area contributed by atoms with Crippen LogP contribution in [0.15, 0.2) is 0 Å². The van der Waals surface area contributed by atoms with Crippen LogP contribution in [0.5, 0.6) is 0 Å². The van der Waals surface area contributed by atoms with E-state index in [2.05, 4.69) is 4.74 Å². The number of hydrogen-bond donors (Lipinski definition) is 2. The van der Waals surface area contributed by atoms with Gasteiger partial charge in [0.05, 0.1) is 6.61 Å². The first kappa shape index (κ1) is 11.9. The van der Waals surface area contributed by atoms with Crippen molar-refractivity contribution in [3.05, 3.63) is 0 Å². The van der Waals surface area contributed by atoms with Gasteiger partial charge in [-0.3, -0.25) is 4.79 Å². The number of aliphatic carboxylic acids is 1. The lowest BCUT2D eigenvalue weighted by atomic mass is 10.4. The first-order valence-corrected chi connectivity index (χ1v) is 4.85. The van der Waals surface area contributed by atoms with Gasteiger partial charge in [-0.1, -0.05) is 0 Å². The van der Waals surface area contributed by atoms with Crippen molar-refractivity contribution in [2.24, 2.45) is 0 Å². The minimum absolute atomic E-state index is 0.0822. The fourth-order valence-electron chi connectivity index (χ4n) is 1.31. The number of ether oxygens (including phenoxy) is 1. The molecule has 6 nitrogen and oxygen atoms in total. The lowest BCUT2D eigenvalue weighted by Crippen LogP contribution is -2.38. The highest BCUT2D eigenvalue weighted by atomic mass is 16.5. The van der Waals surface area contributed by atoms with Crippen molar-refractivity contribution in [1.82, 2.24) is 4.90 Å². The Kier molecular flexibility index (Phi) is 4.51. The van der Waals surface area contributed by atoms with Crippen molar-refractivity contribution in [3.8, 4) is 0 Å². The summed E-state index contributed by atoms with van der Waals surface area (Å²) in [7, 11) is 0. The van der Waals surface area contributed by atoms with E-state index in [0.29, 0.717) is 6.54 Å². The first-order chi connectivity index (χ1) is 7.15. The Morgan fingerprint density at radius 1 is 1.33 bits per heavy atom. The second-order valence-electron chi connectivity index (χ2n) is 3.43. The SMILES string of the molecule is O=C(O)COCC(=O)N(CCO)C1CC1. The smallest absolute Gasteiger partial charge is 0.329 e. The average Bonchev–Trinajstić information content (AvgIpc) is 2.96. The van der Waals surface area contributed by atoms with Crippen molar-refractivity contribution >= 4 is 11.9 Å². The van der Waals surface area contributed by atoms with E-state index in [4.69, 9.17) is 10.2 Å². The highest BCUT2D eigenvalue weighted by molar-refractivity contribution is 5.78. The number of carboxylic acids is 1. The molecule has 0 heterocycles. The number of nitrogens with zero attached hydrogens (tertiary/aromatic N) is 1. The molecule has 0 saturated heterocycles. The van der Waals surface area contributed by atoms with E-state index in [1.807, 2.05) is 0 Å². The van der Waals surface area contributed by atoms with Crippen molar-refractivity contribution in [2.75, 3.05) is 26.4 Å². The van der Waals surface area contributed by atoms with Crippen molar-refractivity contribution in [1.29, 1.82) is 0 Å². The molecule has 0 aliphatic heterocycles. The van der Waals surface area contributed by atoms with E-state index < -0.39 is 12.6 Å². The summed E-state index contributed by atoms with van der Waals surface area (Å²) < 4.78 is 4.69. The van der Waals surface area contributed by atoms with Gasteiger partial charge in [0.15, 0.2) is 0 Å². The second kappa shape index (κ2) is 5.67. The lowest BCUT2D eigenvalue weighted by molar-refractivity contribution is -0.146. The summed E-state index contributed by atoms with van der Waals surface area (Å²) in [4.78, 5) is 23.2. The van der Waals surface area contributed by atoms with Gasteiger partial charge in [0.1, 0.15) is 13.2 Å². The van der Waals surface area contributed by atoms with Gasteiger partial charge in [-0.25, -0.2) is 4.79 Å². The molecule has 15 heavy (non-hydrogen) atoms. The fraction of sp³-hybridized carbons (Fsp3) is 0.778. The fourth-order valence-corrected chi connectivity index (χ4v) is 1.31. The van der Waals surface area contributed by atoms with E-state index >= 15 is 0 Å². The summed E-state index contributed by atoms with van der Waals surface area (Å²) in [5, 5.41) is 17.0. The summed E-state index contributed by atoms with van der Waals surface area (Å²) in [5.74, 6) is -1.35. The standard InChI is InChI=1S/C9H15NO5/c11-4-3-10(7-1-2-7)8(12)5-15-6-9(13)14/h7,11H,1-6H2,(H,13,14). The Balaban J connectivity index is 2.25. The van der Waals surface area contributed by atoms with Crippen molar-refractivity contribution in [3.63, 3.8) is 0 Å². The average molecular weight is 217 g/mol. The number of amides is 1. The first-order valence-electron chi connectivity index (χ1n) is 4.85. The molecule has 1 rings (SSSR count). The molecule has 1 fully saturated rings. The summed E-state index contributed by atoms with van der Waals surface area (Å²) in [5.41, 5.74) is 0. The van der Waals surface area contributed by atoms with Crippen LogP contribution in [-0.2, 0) is 14.3 Å². The maximum Gasteiger partial charge on any atom is 0.329 e. The van der Waals surface area contributed by atoms with Gasteiger partial charge < -0.3 is 19.8 Å². The number of aliphatic hydroxyl groups excluding tert-OH is 1. The zero-order valence-corrected chi connectivity index (χ0v) is 8.39. The summed E-state index contributed by atoms with van der Waals surface area (Å²) in [6.07, 6.45) is 1.90. The van der Waals surface area contributed by atoms with Crippen LogP contribution in [0.4, 0.5) is 0 Å². The maximum absolute atomic E-state index is 11.5. The zero-order valence-electron chi connectivity index (χ0n) is 8.39. The largest absolute Gasteiger partial charge is 0.480 e. The molecule has 0 bridgehead atoms. The van der Waals surface area contributed by atoms with Crippen LogP contribution in [0, 0.1) is 0 Å². The molecular weight excluding hydrogens is 202 g/mol. The second-order valence-corrected chi connectivity index (χ2v) is 3.43. The molecule has 0 aromatic rings. The molecule has 0 aromatic carbocycles. The molecule has 1 aliphatic carbocycles. The summed E-state index contributed by atoms with van der Waals surface area (Å²) >= 11 is 0. The molecule has 0 aromatic heterocycles. The summed E-state index contributed by atoms with van der Waals surface area (Å²) in [6.45, 7) is -0.493. The number of carboxylic acid groups (broad SMARTS) is 1. The van der Waals surface area contributed by atoms with Crippen molar-refractivity contribution < 1.29 is 24.5 Å². The molecule has 0 radical (unpaired) electrons. The van der Waals surface area contributed by atoms with Gasteiger partial charge in [-0.2, -0.15) is 0 Å².